The molecule has 1 heterocycles. The molecule has 3 rings (SSSR count). The molecule has 0 atom stereocenters. The van der Waals surface area contributed by atoms with Crippen molar-refractivity contribution >= 4 is 11.0 Å². The van der Waals surface area contributed by atoms with Gasteiger partial charge in [-0.15, -0.1) is 0 Å². The Morgan fingerprint density at radius 1 is 0.950 bits per heavy atom. The lowest BCUT2D eigenvalue weighted by atomic mass is 10.1. The molecule has 0 unspecified atom stereocenters. The van der Waals surface area contributed by atoms with Gasteiger partial charge in [0.25, 0.3) is 0 Å². The Morgan fingerprint density at radius 2 is 1.65 bits per heavy atom. The monoisotopic (exact) mass is 266 g/mol. The largest absolute Gasteiger partial charge is 0.329 e. The van der Waals surface area contributed by atoms with E-state index in [0.717, 1.165) is 16.6 Å². The minimum Gasteiger partial charge on any atom is -0.292 e. The van der Waals surface area contributed by atoms with Crippen LogP contribution in [0.25, 0.3) is 11.0 Å². The van der Waals surface area contributed by atoms with Crippen molar-refractivity contribution in [3.63, 3.8) is 0 Å². The lowest BCUT2D eigenvalue weighted by Crippen LogP contribution is -2.24. The van der Waals surface area contributed by atoms with E-state index in [-0.39, 0.29) is 5.69 Å². The fourth-order valence-corrected chi connectivity index (χ4v) is 2.72. The predicted molar refractivity (Wildman–Crippen MR) is 82.2 cm³/mol. The van der Waals surface area contributed by atoms with Gasteiger partial charge in [-0.3, -0.25) is 9.13 Å². The average Bonchev–Trinajstić information content (AvgIpc) is 2.72. The molecule has 0 amide bonds. The van der Waals surface area contributed by atoms with Gasteiger partial charge in [-0.1, -0.05) is 42.0 Å². The Kier molecular flexibility index (Phi) is 3.18. The Balaban J connectivity index is 2.16. The summed E-state index contributed by atoms with van der Waals surface area (Å²) in [5.74, 6) is 0. The van der Waals surface area contributed by atoms with Crippen molar-refractivity contribution in [3.05, 3.63) is 70.1 Å². The van der Waals surface area contributed by atoms with Gasteiger partial charge in [0.05, 0.1) is 17.6 Å². The first-order valence-electron chi connectivity index (χ1n) is 6.94. The van der Waals surface area contributed by atoms with Crippen molar-refractivity contribution in [3.8, 4) is 0 Å². The normalized spacial score (nSPS) is 11.1. The molecule has 0 fully saturated rings. The summed E-state index contributed by atoms with van der Waals surface area (Å²) < 4.78 is 3.68. The highest BCUT2D eigenvalue weighted by atomic mass is 16.1. The van der Waals surface area contributed by atoms with Crippen molar-refractivity contribution in [2.75, 3.05) is 0 Å². The van der Waals surface area contributed by atoms with Crippen LogP contribution in [0.4, 0.5) is 0 Å². The van der Waals surface area contributed by atoms with Crippen molar-refractivity contribution < 1.29 is 0 Å². The maximum Gasteiger partial charge on any atom is 0.329 e. The van der Waals surface area contributed by atoms with Gasteiger partial charge in [-0.25, -0.2) is 4.79 Å². The smallest absolute Gasteiger partial charge is 0.292 e. The van der Waals surface area contributed by atoms with Crippen LogP contribution < -0.4 is 5.69 Å². The van der Waals surface area contributed by atoms with Crippen LogP contribution in [-0.4, -0.2) is 9.13 Å². The molecule has 3 aromatic rings. The number of hydrogen-bond donors (Lipinski definition) is 0. The van der Waals surface area contributed by atoms with Crippen LogP contribution in [0.15, 0.2) is 53.3 Å². The molecule has 3 nitrogen and oxygen atoms in total. The first-order valence-corrected chi connectivity index (χ1v) is 6.94. The van der Waals surface area contributed by atoms with Crippen LogP contribution in [0.1, 0.15) is 18.1 Å². The summed E-state index contributed by atoms with van der Waals surface area (Å²) in [6, 6.07) is 16.3. The summed E-state index contributed by atoms with van der Waals surface area (Å²) >= 11 is 0. The fourth-order valence-electron chi connectivity index (χ4n) is 2.72. The van der Waals surface area contributed by atoms with E-state index < -0.39 is 0 Å². The summed E-state index contributed by atoms with van der Waals surface area (Å²) in [4.78, 5) is 12.5. The second-order valence-electron chi connectivity index (χ2n) is 5.09. The molecule has 102 valence electrons. The molecular formula is C17H18N2O. The van der Waals surface area contributed by atoms with E-state index >= 15 is 0 Å². The van der Waals surface area contributed by atoms with Crippen LogP contribution in [0, 0.1) is 6.92 Å². The molecule has 0 aliphatic carbocycles. The molecule has 0 aliphatic heterocycles. The number of fused-ring (bicyclic) bond motifs is 1. The Morgan fingerprint density at radius 3 is 2.30 bits per heavy atom. The van der Waals surface area contributed by atoms with E-state index in [1.54, 1.807) is 0 Å². The van der Waals surface area contributed by atoms with Gasteiger partial charge >= 0.3 is 5.69 Å². The summed E-state index contributed by atoms with van der Waals surface area (Å²) in [5.41, 5.74) is 4.45. The third kappa shape index (κ3) is 2.05. The topological polar surface area (TPSA) is 26.9 Å². The van der Waals surface area contributed by atoms with Gasteiger partial charge < -0.3 is 0 Å². The zero-order valence-corrected chi connectivity index (χ0v) is 11.8. The van der Waals surface area contributed by atoms with Crippen LogP contribution in [0.5, 0.6) is 0 Å². The molecule has 1 aromatic heterocycles. The Hall–Kier alpha value is -2.29. The van der Waals surface area contributed by atoms with Gasteiger partial charge in [-0.2, -0.15) is 0 Å². The van der Waals surface area contributed by atoms with Crippen LogP contribution in [0.2, 0.25) is 0 Å². The summed E-state index contributed by atoms with van der Waals surface area (Å²) in [7, 11) is 0. The van der Waals surface area contributed by atoms with Crippen LogP contribution >= 0.6 is 0 Å². The highest BCUT2D eigenvalue weighted by Crippen LogP contribution is 2.14. The van der Waals surface area contributed by atoms with Crippen molar-refractivity contribution in [2.45, 2.75) is 26.9 Å². The number of aryl methyl sites for hydroxylation is 2. The third-order valence-corrected chi connectivity index (χ3v) is 3.66. The van der Waals surface area contributed by atoms with E-state index in [1.165, 1.54) is 5.56 Å². The number of hydrogen-bond acceptors (Lipinski definition) is 1. The number of para-hydroxylation sites is 2. The molecule has 2 aromatic carbocycles. The van der Waals surface area contributed by atoms with E-state index in [2.05, 4.69) is 25.1 Å². The highest BCUT2D eigenvalue weighted by molar-refractivity contribution is 5.76. The van der Waals surface area contributed by atoms with Gasteiger partial charge in [0.15, 0.2) is 0 Å². The average molecular weight is 266 g/mol. The molecule has 20 heavy (non-hydrogen) atoms. The SMILES string of the molecule is CCn1c(=O)n(Cc2cccc(C)c2)c2ccccc21. The van der Waals surface area contributed by atoms with E-state index in [4.69, 9.17) is 0 Å². The third-order valence-electron chi connectivity index (χ3n) is 3.66. The lowest BCUT2D eigenvalue weighted by Gasteiger charge is -2.04. The maximum absolute atomic E-state index is 12.5. The number of rotatable bonds is 3. The lowest BCUT2D eigenvalue weighted by molar-refractivity contribution is 0.684. The second kappa shape index (κ2) is 5.00. The number of imidazole rings is 1. The molecule has 0 saturated carbocycles. The van der Waals surface area contributed by atoms with Crippen LogP contribution in [0.3, 0.4) is 0 Å². The molecule has 0 spiro atoms. The number of nitrogens with zero attached hydrogens (tertiary/aromatic N) is 2. The van der Waals surface area contributed by atoms with Crippen molar-refractivity contribution in [1.82, 2.24) is 9.13 Å². The predicted octanol–water partition coefficient (Wildman–Crippen LogP) is 3.18. The zero-order valence-electron chi connectivity index (χ0n) is 11.8. The minimum atomic E-state index is 0.0650. The first-order chi connectivity index (χ1) is 9.70. The quantitative estimate of drug-likeness (QED) is 0.715. The molecular weight excluding hydrogens is 248 g/mol. The number of benzene rings is 2. The van der Waals surface area contributed by atoms with Gasteiger partial charge in [0, 0.05) is 6.54 Å². The highest BCUT2D eigenvalue weighted by Gasteiger charge is 2.11. The first kappa shape index (κ1) is 12.7. The molecule has 3 heteroatoms. The van der Waals surface area contributed by atoms with Crippen molar-refractivity contribution in [1.29, 1.82) is 0 Å². The zero-order chi connectivity index (χ0) is 14.1. The van der Waals surface area contributed by atoms with E-state index in [1.807, 2.05) is 46.4 Å². The Bertz CT molecular complexity index is 811. The Labute approximate surface area is 118 Å². The molecule has 0 radical (unpaired) electrons. The molecule has 0 N–H and O–H groups in total. The fraction of sp³-hybridized carbons (Fsp3) is 0.235. The molecule has 0 bridgehead atoms. The summed E-state index contributed by atoms with van der Waals surface area (Å²) in [6.07, 6.45) is 0. The van der Waals surface area contributed by atoms with Crippen LogP contribution in [-0.2, 0) is 13.1 Å². The minimum absolute atomic E-state index is 0.0650. The van der Waals surface area contributed by atoms with E-state index in [9.17, 15) is 4.79 Å². The maximum atomic E-state index is 12.5. The standard InChI is InChI=1S/C17H18N2O/c1-3-18-15-9-4-5-10-16(15)19(17(18)20)12-14-8-6-7-13(2)11-14/h4-11H,3,12H2,1-2H3. The summed E-state index contributed by atoms with van der Waals surface area (Å²) in [6.45, 7) is 5.39. The number of aromatic nitrogens is 2. The summed E-state index contributed by atoms with van der Waals surface area (Å²) in [5, 5.41) is 0. The second-order valence-corrected chi connectivity index (χ2v) is 5.09. The molecule has 0 aliphatic rings. The van der Waals surface area contributed by atoms with Gasteiger partial charge in [-0.05, 0) is 31.5 Å². The van der Waals surface area contributed by atoms with E-state index in [0.29, 0.717) is 13.1 Å². The van der Waals surface area contributed by atoms with Crippen molar-refractivity contribution in [2.24, 2.45) is 0 Å². The molecule has 0 saturated heterocycles. The van der Waals surface area contributed by atoms with Gasteiger partial charge in [0.2, 0.25) is 0 Å². The van der Waals surface area contributed by atoms with Gasteiger partial charge in [0.1, 0.15) is 0 Å².